The summed E-state index contributed by atoms with van der Waals surface area (Å²) in [6, 6.07) is 11.2. The number of aliphatic carboxylic acids is 1. The lowest BCUT2D eigenvalue weighted by Crippen LogP contribution is -2.02. The Kier molecular flexibility index (Phi) is 6.00. The average molecular weight is 345 g/mol. The van der Waals surface area contributed by atoms with Gasteiger partial charge >= 0.3 is 5.97 Å². The number of carbonyl (C=O) groups is 1. The molecule has 0 saturated heterocycles. The van der Waals surface area contributed by atoms with Gasteiger partial charge in [0.25, 0.3) is 0 Å². The predicted molar refractivity (Wildman–Crippen MR) is 90.0 cm³/mol. The lowest BCUT2D eigenvalue weighted by Gasteiger charge is -2.00. The smallest absolute Gasteiger partial charge is 0.309 e. The van der Waals surface area contributed by atoms with E-state index in [1.54, 1.807) is 6.07 Å². The summed E-state index contributed by atoms with van der Waals surface area (Å²) in [4.78, 5) is 15.1. The van der Waals surface area contributed by atoms with Crippen LogP contribution in [-0.4, -0.2) is 16.1 Å². The van der Waals surface area contributed by atoms with Crippen molar-refractivity contribution in [2.45, 2.75) is 20.3 Å². The van der Waals surface area contributed by atoms with Crippen molar-refractivity contribution in [2.75, 3.05) is 0 Å². The fourth-order valence-corrected chi connectivity index (χ4v) is 2.19. The molecule has 25 heavy (non-hydrogen) atoms. The number of carboxylic acids is 1. The van der Waals surface area contributed by atoms with E-state index < -0.39 is 24.0 Å². The van der Waals surface area contributed by atoms with Crippen molar-refractivity contribution < 1.29 is 23.1 Å². The summed E-state index contributed by atoms with van der Waals surface area (Å²) in [6.45, 7) is 4.00. The summed E-state index contributed by atoms with van der Waals surface area (Å²) in [6.07, 6.45) is -0.408. The first kappa shape index (κ1) is 18.3. The van der Waals surface area contributed by atoms with Crippen molar-refractivity contribution in [2.24, 2.45) is 0 Å². The van der Waals surface area contributed by atoms with Gasteiger partial charge in [-0.15, -0.1) is 0 Å². The predicted octanol–water partition coefficient (Wildman–Crippen LogP) is 4.94. The summed E-state index contributed by atoms with van der Waals surface area (Å²) >= 11 is 0. The molecule has 0 saturated carbocycles. The topological polar surface area (TPSA) is 63.3 Å². The molecule has 0 fully saturated rings. The minimum Gasteiger partial charge on any atom is -0.481 e. The second-order valence-electron chi connectivity index (χ2n) is 4.85. The largest absolute Gasteiger partial charge is 0.481 e. The number of rotatable bonds is 4. The third-order valence-corrected chi connectivity index (χ3v) is 3.23. The van der Waals surface area contributed by atoms with E-state index in [1.165, 1.54) is 42.5 Å². The highest BCUT2D eigenvalue weighted by Gasteiger charge is 2.20. The molecule has 0 atom stereocenters. The van der Waals surface area contributed by atoms with Crippen molar-refractivity contribution in [1.29, 1.82) is 0 Å². The number of halogens is 2. The minimum absolute atomic E-state index is 0.0600. The SMILES string of the molecule is CC.O=C(O)Cc1nc(-c2ccc(F)cc2)oc1-c1ccccc1F. The van der Waals surface area contributed by atoms with Gasteiger partial charge in [-0.2, -0.15) is 0 Å². The number of nitrogens with zero attached hydrogens (tertiary/aromatic N) is 1. The average Bonchev–Trinajstić information content (AvgIpc) is 3.00. The van der Waals surface area contributed by atoms with Crippen LogP contribution in [0.3, 0.4) is 0 Å². The molecular weight excluding hydrogens is 328 g/mol. The van der Waals surface area contributed by atoms with E-state index in [9.17, 15) is 13.6 Å². The Morgan fingerprint density at radius 1 is 1.08 bits per heavy atom. The van der Waals surface area contributed by atoms with Crippen LogP contribution in [0.4, 0.5) is 8.78 Å². The van der Waals surface area contributed by atoms with Crippen LogP contribution in [0.15, 0.2) is 52.9 Å². The Morgan fingerprint density at radius 2 is 1.72 bits per heavy atom. The maximum atomic E-state index is 14.0. The number of hydrogen-bond acceptors (Lipinski definition) is 3. The summed E-state index contributed by atoms with van der Waals surface area (Å²) in [7, 11) is 0. The second-order valence-corrected chi connectivity index (χ2v) is 4.85. The highest BCUT2D eigenvalue weighted by Crippen LogP contribution is 2.31. The lowest BCUT2D eigenvalue weighted by atomic mass is 10.1. The first-order chi connectivity index (χ1) is 12.0. The Morgan fingerprint density at radius 3 is 2.32 bits per heavy atom. The molecule has 0 bridgehead atoms. The van der Waals surface area contributed by atoms with Crippen molar-refractivity contribution >= 4 is 5.97 Å². The summed E-state index contributed by atoms with van der Waals surface area (Å²) in [5, 5.41) is 9.00. The van der Waals surface area contributed by atoms with E-state index >= 15 is 0 Å². The molecule has 6 heteroatoms. The fourth-order valence-electron chi connectivity index (χ4n) is 2.19. The number of oxazole rings is 1. The van der Waals surface area contributed by atoms with Crippen molar-refractivity contribution in [1.82, 2.24) is 4.98 Å². The van der Waals surface area contributed by atoms with Gasteiger partial charge in [0.15, 0.2) is 5.76 Å². The molecule has 3 rings (SSSR count). The Hall–Kier alpha value is -3.02. The zero-order valence-corrected chi connectivity index (χ0v) is 13.8. The van der Waals surface area contributed by atoms with E-state index in [0.717, 1.165) is 0 Å². The molecule has 0 unspecified atom stereocenters. The standard InChI is InChI=1S/C17H11F2NO3.C2H6/c18-11-7-5-10(6-8-11)17-20-14(9-15(21)22)16(23-17)12-3-1-2-4-13(12)19;1-2/h1-8H,9H2,(H,21,22);1-2H3. The van der Waals surface area contributed by atoms with Crippen LogP contribution in [0.1, 0.15) is 19.5 Å². The molecule has 1 heterocycles. The quantitative estimate of drug-likeness (QED) is 0.727. The van der Waals surface area contributed by atoms with Crippen LogP contribution in [0.5, 0.6) is 0 Å². The Balaban J connectivity index is 0.00000109. The van der Waals surface area contributed by atoms with Gasteiger partial charge in [0, 0.05) is 5.56 Å². The molecular formula is C19H17F2NO3. The molecule has 4 nitrogen and oxygen atoms in total. The third kappa shape index (κ3) is 4.29. The summed E-state index contributed by atoms with van der Waals surface area (Å²) in [5.74, 6) is -1.90. The maximum absolute atomic E-state index is 14.0. The highest BCUT2D eigenvalue weighted by atomic mass is 19.1. The zero-order valence-electron chi connectivity index (χ0n) is 13.8. The molecule has 1 N–H and O–H groups in total. The van der Waals surface area contributed by atoms with Gasteiger partial charge < -0.3 is 9.52 Å². The van der Waals surface area contributed by atoms with Crippen LogP contribution in [0.25, 0.3) is 22.8 Å². The molecule has 0 spiro atoms. The van der Waals surface area contributed by atoms with Crippen LogP contribution in [-0.2, 0) is 11.2 Å². The van der Waals surface area contributed by atoms with Gasteiger partial charge in [0.05, 0.1) is 17.7 Å². The molecule has 0 aliphatic rings. The number of benzene rings is 2. The molecule has 2 aromatic carbocycles. The molecule has 0 aliphatic heterocycles. The Bertz CT molecular complexity index is 857. The minimum atomic E-state index is -1.11. The van der Waals surface area contributed by atoms with E-state index in [4.69, 9.17) is 9.52 Å². The zero-order chi connectivity index (χ0) is 18.4. The third-order valence-electron chi connectivity index (χ3n) is 3.23. The van der Waals surface area contributed by atoms with E-state index in [2.05, 4.69) is 4.98 Å². The molecule has 1 aromatic heterocycles. The molecule has 0 radical (unpaired) electrons. The number of hydrogen-bond donors (Lipinski definition) is 1. The van der Waals surface area contributed by atoms with E-state index in [1.807, 2.05) is 13.8 Å². The summed E-state index contributed by atoms with van der Waals surface area (Å²) in [5.41, 5.74) is 0.715. The molecule has 3 aromatic rings. The Labute approximate surface area is 143 Å². The molecule has 130 valence electrons. The van der Waals surface area contributed by atoms with Crippen LogP contribution >= 0.6 is 0 Å². The van der Waals surface area contributed by atoms with Crippen LogP contribution in [0, 0.1) is 11.6 Å². The maximum Gasteiger partial charge on any atom is 0.309 e. The molecule has 0 aliphatic carbocycles. The first-order valence-corrected chi connectivity index (χ1v) is 7.77. The van der Waals surface area contributed by atoms with Gasteiger partial charge in [-0.3, -0.25) is 4.79 Å². The van der Waals surface area contributed by atoms with Gasteiger partial charge in [0.2, 0.25) is 5.89 Å². The normalized spacial score (nSPS) is 10.1. The van der Waals surface area contributed by atoms with Crippen molar-refractivity contribution in [3.8, 4) is 22.8 Å². The van der Waals surface area contributed by atoms with E-state index in [0.29, 0.717) is 5.56 Å². The van der Waals surface area contributed by atoms with Gasteiger partial charge in [-0.1, -0.05) is 26.0 Å². The highest BCUT2D eigenvalue weighted by molar-refractivity contribution is 5.74. The van der Waals surface area contributed by atoms with Crippen LogP contribution < -0.4 is 0 Å². The van der Waals surface area contributed by atoms with Crippen LogP contribution in [0.2, 0.25) is 0 Å². The fraction of sp³-hybridized carbons (Fsp3) is 0.158. The first-order valence-electron chi connectivity index (χ1n) is 7.77. The molecule has 0 amide bonds. The van der Waals surface area contributed by atoms with Crippen molar-refractivity contribution in [3.05, 3.63) is 65.9 Å². The monoisotopic (exact) mass is 345 g/mol. The lowest BCUT2D eigenvalue weighted by molar-refractivity contribution is -0.136. The second kappa shape index (κ2) is 8.19. The number of carboxylic acid groups (broad SMARTS) is 1. The van der Waals surface area contributed by atoms with Gasteiger partial charge in [0.1, 0.15) is 11.6 Å². The number of aromatic nitrogens is 1. The van der Waals surface area contributed by atoms with Crippen molar-refractivity contribution in [3.63, 3.8) is 0 Å². The van der Waals surface area contributed by atoms with E-state index in [-0.39, 0.29) is 22.9 Å². The van der Waals surface area contributed by atoms with Gasteiger partial charge in [-0.05, 0) is 36.4 Å². The van der Waals surface area contributed by atoms with Gasteiger partial charge in [-0.25, -0.2) is 13.8 Å². The summed E-state index contributed by atoms with van der Waals surface area (Å²) < 4.78 is 32.5.